The molecule has 1 aromatic carbocycles. The van der Waals surface area contributed by atoms with Crippen LogP contribution in [-0.2, 0) is 19.4 Å². The summed E-state index contributed by atoms with van der Waals surface area (Å²) in [5.74, 6) is 0. The third-order valence-electron chi connectivity index (χ3n) is 4.91. The van der Waals surface area contributed by atoms with Gasteiger partial charge in [0.1, 0.15) is 0 Å². The molecule has 1 aliphatic rings. The van der Waals surface area contributed by atoms with Crippen molar-refractivity contribution in [3.8, 4) is 0 Å². The van der Waals surface area contributed by atoms with Crippen LogP contribution in [0.15, 0.2) is 30.5 Å². The van der Waals surface area contributed by atoms with E-state index < -0.39 is 0 Å². The van der Waals surface area contributed by atoms with E-state index in [4.69, 9.17) is 18.8 Å². The number of pyridine rings is 1. The summed E-state index contributed by atoms with van der Waals surface area (Å²) >= 11 is 7.28. The number of aryl methyl sites for hydroxylation is 1. The summed E-state index contributed by atoms with van der Waals surface area (Å²) in [6, 6.07) is 7.98. The molecule has 0 atom stereocenters. The quantitative estimate of drug-likeness (QED) is 0.416. The summed E-state index contributed by atoms with van der Waals surface area (Å²) in [5, 5.41) is 0.753. The van der Waals surface area contributed by atoms with E-state index in [1.54, 1.807) is 0 Å². The van der Waals surface area contributed by atoms with Crippen molar-refractivity contribution >= 4 is 38.4 Å². The van der Waals surface area contributed by atoms with Crippen LogP contribution in [0, 0.1) is 27.3 Å². The zero-order valence-corrected chi connectivity index (χ0v) is 19.2. The standard InChI is InChI=1S/C20H20N4S.W/c1-13-7-8-16(11-22-13)24-19(25)23(12-20(24,4)5)18-10-9-17(21-6)14(2)15(18)3;/h7-11H,1-5H3;. The monoisotopic (exact) mass is 532 g/mol. The molecule has 0 unspecified atom stereocenters. The molecule has 0 N–H and O–H groups in total. The van der Waals surface area contributed by atoms with Gasteiger partial charge in [-0.05, 0) is 0 Å². The van der Waals surface area contributed by atoms with Crippen molar-refractivity contribution in [3.63, 3.8) is 0 Å². The summed E-state index contributed by atoms with van der Waals surface area (Å²) in [5.41, 5.74) is 5.61. The number of hydrogen-bond acceptors (Lipinski definition) is 2. The van der Waals surface area contributed by atoms with Gasteiger partial charge in [-0.2, -0.15) is 0 Å². The Morgan fingerprint density at radius 1 is 1.12 bits per heavy atom. The van der Waals surface area contributed by atoms with E-state index in [9.17, 15) is 0 Å². The fourth-order valence-corrected chi connectivity index (χ4v) is 4.93. The molecule has 6 heteroatoms. The molecule has 0 saturated carbocycles. The van der Waals surface area contributed by atoms with Crippen LogP contribution in [0.4, 0.5) is 17.1 Å². The number of rotatable bonds is 2. The zero-order chi connectivity index (χ0) is 19.2. The van der Waals surface area contributed by atoms with Gasteiger partial charge in [-0.25, -0.2) is 0 Å². The van der Waals surface area contributed by atoms with Gasteiger partial charge in [0.2, 0.25) is 0 Å². The van der Waals surface area contributed by atoms with Crippen LogP contribution in [0.1, 0.15) is 30.7 Å². The van der Waals surface area contributed by atoms with Crippen LogP contribution in [0.5, 0.6) is 0 Å². The summed E-state index contributed by atoms with van der Waals surface area (Å²) in [7, 11) is 0. The van der Waals surface area contributed by atoms with Gasteiger partial charge in [0.05, 0.1) is 0 Å². The first-order valence-corrected chi connectivity index (χ1v) is 10.2. The van der Waals surface area contributed by atoms with Gasteiger partial charge in [0.15, 0.2) is 0 Å². The summed E-state index contributed by atoms with van der Waals surface area (Å²) in [6.07, 6.45) is 1.88. The molecule has 132 valence electrons. The van der Waals surface area contributed by atoms with Crippen LogP contribution < -0.4 is 9.80 Å². The summed E-state index contributed by atoms with van der Waals surface area (Å²) in [6.45, 7) is 17.8. The Bertz CT molecular complexity index is 957. The van der Waals surface area contributed by atoms with Crippen molar-refractivity contribution in [1.29, 1.82) is 0 Å². The first kappa shape index (κ1) is 18.9. The van der Waals surface area contributed by atoms with E-state index in [0.29, 0.717) is 5.69 Å². The third-order valence-corrected chi connectivity index (χ3v) is 7.73. The molecule has 0 radical (unpaired) electrons. The molecule has 0 bridgehead atoms. The molecule has 26 heavy (non-hydrogen) atoms. The normalized spacial score (nSPS) is 16.2. The molecule has 1 aliphatic heterocycles. The second-order valence-corrected chi connectivity index (χ2v) is 8.70. The molecule has 0 amide bonds. The van der Waals surface area contributed by atoms with Crippen molar-refractivity contribution in [2.24, 2.45) is 0 Å². The SMILES string of the molecule is [C-]#[N+]c1ccc(N2C(=S)N(c3ccc(C)nc3)C(C)(C)[C]2=[W])c(C)c1C. The maximum atomic E-state index is 7.33. The van der Waals surface area contributed by atoms with Crippen LogP contribution in [-0.4, -0.2) is 19.7 Å². The average molecular weight is 532 g/mol. The van der Waals surface area contributed by atoms with E-state index in [-0.39, 0.29) is 5.54 Å². The van der Waals surface area contributed by atoms with E-state index in [0.717, 1.165) is 33.3 Å². The van der Waals surface area contributed by atoms with Crippen molar-refractivity contribution in [3.05, 3.63) is 58.7 Å². The topological polar surface area (TPSA) is 23.7 Å². The van der Waals surface area contributed by atoms with Gasteiger partial charge in [0.25, 0.3) is 0 Å². The number of hydrogen-bond donors (Lipinski definition) is 0. The van der Waals surface area contributed by atoms with Crippen molar-refractivity contribution < 1.29 is 19.4 Å². The van der Waals surface area contributed by atoms with Gasteiger partial charge in [-0.15, -0.1) is 0 Å². The van der Waals surface area contributed by atoms with E-state index in [1.165, 1.54) is 23.4 Å². The molecule has 1 saturated heterocycles. The first-order valence-electron chi connectivity index (χ1n) is 8.29. The van der Waals surface area contributed by atoms with E-state index in [1.807, 2.05) is 38.2 Å². The molecule has 4 nitrogen and oxygen atoms in total. The van der Waals surface area contributed by atoms with Gasteiger partial charge >= 0.3 is 171 Å². The van der Waals surface area contributed by atoms with Crippen LogP contribution in [0.25, 0.3) is 4.85 Å². The van der Waals surface area contributed by atoms with Gasteiger partial charge in [0, 0.05) is 0 Å². The molecule has 1 fully saturated rings. The van der Waals surface area contributed by atoms with Gasteiger partial charge in [-0.3, -0.25) is 0 Å². The van der Waals surface area contributed by atoms with Crippen LogP contribution in [0.2, 0.25) is 0 Å². The predicted molar refractivity (Wildman–Crippen MR) is 108 cm³/mol. The van der Waals surface area contributed by atoms with Crippen LogP contribution in [0.3, 0.4) is 0 Å². The first-order chi connectivity index (χ1) is 12.2. The van der Waals surface area contributed by atoms with Crippen molar-refractivity contribution in [2.75, 3.05) is 9.80 Å². The minimum absolute atomic E-state index is 0.234. The Morgan fingerprint density at radius 3 is 2.38 bits per heavy atom. The molecule has 2 aromatic rings. The molecular weight excluding hydrogens is 512 g/mol. The maximum absolute atomic E-state index is 7.33. The van der Waals surface area contributed by atoms with Gasteiger partial charge < -0.3 is 0 Å². The summed E-state index contributed by atoms with van der Waals surface area (Å²) in [4.78, 5) is 12.4. The number of aromatic nitrogens is 1. The van der Waals surface area contributed by atoms with Crippen LogP contribution >= 0.6 is 12.2 Å². The molecule has 3 rings (SSSR count). The minimum atomic E-state index is -0.234. The number of anilines is 2. The van der Waals surface area contributed by atoms with Crippen molar-refractivity contribution in [2.45, 2.75) is 40.2 Å². The molecule has 2 heterocycles. The molecular formula is C20H20N4SW. The Labute approximate surface area is 171 Å². The molecule has 1 aromatic heterocycles. The van der Waals surface area contributed by atoms with Gasteiger partial charge in [-0.1, -0.05) is 0 Å². The Balaban J connectivity index is 2.13. The fourth-order valence-electron chi connectivity index (χ4n) is 3.19. The molecule has 0 aliphatic carbocycles. The fraction of sp³-hybridized carbons (Fsp3) is 0.300. The predicted octanol–water partition coefficient (Wildman–Crippen LogP) is 4.62. The van der Waals surface area contributed by atoms with E-state index >= 15 is 0 Å². The molecule has 0 spiro atoms. The zero-order valence-electron chi connectivity index (χ0n) is 15.5. The Kier molecular flexibility index (Phi) is 4.86. The second kappa shape index (κ2) is 6.68. The Hall–Kier alpha value is -1.89. The second-order valence-electron chi connectivity index (χ2n) is 6.94. The Morgan fingerprint density at radius 2 is 1.81 bits per heavy atom. The van der Waals surface area contributed by atoms with E-state index in [2.05, 4.69) is 46.5 Å². The number of thiocarbonyl (C=S) groups is 1. The average Bonchev–Trinajstić information content (AvgIpc) is 2.77. The van der Waals surface area contributed by atoms with Crippen molar-refractivity contribution in [1.82, 2.24) is 4.98 Å². The summed E-state index contributed by atoms with van der Waals surface area (Å²) < 4.78 is 1.24. The third kappa shape index (κ3) is 2.82. The number of nitrogens with zero attached hydrogens (tertiary/aromatic N) is 4. The number of benzene rings is 1.